The second kappa shape index (κ2) is 10.7. The quantitative estimate of drug-likeness (QED) is 0.660. The summed E-state index contributed by atoms with van der Waals surface area (Å²) in [5.74, 6) is 0.232. The minimum Gasteiger partial charge on any atom is -0.484 e. The summed E-state index contributed by atoms with van der Waals surface area (Å²) >= 11 is 3.37. The molecule has 2 rings (SSSR count). The van der Waals surface area contributed by atoms with E-state index in [-0.39, 0.29) is 18.4 Å². The highest BCUT2D eigenvalue weighted by atomic mass is 79.9. The maximum atomic E-state index is 12.8. The summed E-state index contributed by atoms with van der Waals surface area (Å²) in [6.07, 6.45) is 0.675. The molecule has 27 heavy (non-hydrogen) atoms. The molecule has 1 N–H and O–H groups in total. The molecule has 0 aromatic heterocycles. The Hall–Kier alpha value is -2.34. The molecule has 0 aliphatic carbocycles. The number of carbonyl (C=O) groups excluding carboxylic acids is 2. The van der Waals surface area contributed by atoms with E-state index in [1.165, 1.54) is 0 Å². The molecule has 2 amide bonds. The van der Waals surface area contributed by atoms with Crippen molar-refractivity contribution >= 4 is 27.7 Å². The number of carbonyl (C=O) groups is 2. The molecule has 0 saturated heterocycles. The van der Waals surface area contributed by atoms with Gasteiger partial charge in [-0.2, -0.15) is 0 Å². The third kappa shape index (κ3) is 6.71. The van der Waals surface area contributed by atoms with Gasteiger partial charge in [0.15, 0.2) is 6.61 Å². The Kier molecular flexibility index (Phi) is 8.33. The van der Waals surface area contributed by atoms with Gasteiger partial charge in [-0.25, -0.2) is 0 Å². The predicted molar refractivity (Wildman–Crippen MR) is 110 cm³/mol. The number of likely N-dealkylation sites (N-methyl/N-ethyl adjacent to an activating group) is 1. The van der Waals surface area contributed by atoms with Crippen LogP contribution in [-0.4, -0.2) is 42.5 Å². The smallest absolute Gasteiger partial charge is 0.261 e. The van der Waals surface area contributed by atoms with Gasteiger partial charge < -0.3 is 15.0 Å². The summed E-state index contributed by atoms with van der Waals surface area (Å²) in [4.78, 5) is 26.6. The number of halogens is 1. The molecule has 5 nitrogen and oxygen atoms in total. The van der Waals surface area contributed by atoms with E-state index < -0.39 is 6.04 Å². The first kappa shape index (κ1) is 21.0. The van der Waals surface area contributed by atoms with Gasteiger partial charge in [0, 0.05) is 17.6 Å². The molecule has 0 saturated carbocycles. The second-order valence-corrected chi connectivity index (χ2v) is 7.05. The predicted octanol–water partition coefficient (Wildman–Crippen LogP) is 3.42. The van der Waals surface area contributed by atoms with Gasteiger partial charge in [-0.3, -0.25) is 9.59 Å². The summed E-state index contributed by atoms with van der Waals surface area (Å²) in [5.41, 5.74) is 1.12. The number of nitrogens with one attached hydrogen (secondary N) is 1. The average molecular weight is 433 g/mol. The van der Waals surface area contributed by atoms with Crippen molar-refractivity contribution in [2.24, 2.45) is 0 Å². The Labute approximate surface area is 168 Å². The lowest BCUT2D eigenvalue weighted by Crippen LogP contribution is -2.50. The normalized spacial score (nSPS) is 11.5. The second-order valence-electron chi connectivity index (χ2n) is 6.14. The molecule has 0 heterocycles. The van der Waals surface area contributed by atoms with Crippen LogP contribution in [0.1, 0.15) is 19.4 Å². The maximum absolute atomic E-state index is 12.8. The third-order valence-corrected chi connectivity index (χ3v) is 4.71. The molecule has 0 fully saturated rings. The fraction of sp³-hybridized carbons (Fsp3) is 0.333. The molecule has 0 spiro atoms. The van der Waals surface area contributed by atoms with Gasteiger partial charge >= 0.3 is 0 Å². The van der Waals surface area contributed by atoms with Crippen molar-refractivity contribution in [3.8, 4) is 5.75 Å². The largest absolute Gasteiger partial charge is 0.484 e. The van der Waals surface area contributed by atoms with Gasteiger partial charge in [0.05, 0.1) is 0 Å². The van der Waals surface area contributed by atoms with Crippen LogP contribution in [0.3, 0.4) is 0 Å². The summed E-state index contributed by atoms with van der Waals surface area (Å²) in [6, 6.07) is 16.6. The zero-order valence-corrected chi connectivity index (χ0v) is 17.2. The van der Waals surface area contributed by atoms with Crippen molar-refractivity contribution in [2.45, 2.75) is 26.3 Å². The third-order valence-electron chi connectivity index (χ3n) is 4.18. The lowest BCUT2D eigenvalue weighted by Gasteiger charge is -2.28. The van der Waals surface area contributed by atoms with E-state index in [2.05, 4.69) is 21.2 Å². The summed E-state index contributed by atoms with van der Waals surface area (Å²) in [7, 11) is 0. The van der Waals surface area contributed by atoms with E-state index in [0.29, 0.717) is 25.3 Å². The Bertz CT molecular complexity index is 735. The molecule has 144 valence electrons. The van der Waals surface area contributed by atoms with Crippen molar-refractivity contribution in [1.29, 1.82) is 0 Å². The van der Waals surface area contributed by atoms with E-state index in [1.807, 2.05) is 49.4 Å². The monoisotopic (exact) mass is 432 g/mol. The zero-order valence-electron chi connectivity index (χ0n) is 15.7. The van der Waals surface area contributed by atoms with Crippen LogP contribution in [0.15, 0.2) is 59.1 Å². The summed E-state index contributed by atoms with van der Waals surface area (Å²) < 4.78 is 6.54. The molecule has 0 aliphatic rings. The fourth-order valence-corrected chi connectivity index (χ4v) is 2.92. The molecule has 2 aromatic carbocycles. The van der Waals surface area contributed by atoms with Crippen molar-refractivity contribution in [3.63, 3.8) is 0 Å². The number of nitrogens with zero attached hydrogens (tertiary/aromatic N) is 1. The van der Waals surface area contributed by atoms with E-state index >= 15 is 0 Å². The lowest BCUT2D eigenvalue weighted by molar-refractivity contribution is -0.141. The first-order valence-corrected chi connectivity index (χ1v) is 9.80. The van der Waals surface area contributed by atoms with Crippen LogP contribution in [-0.2, 0) is 16.0 Å². The maximum Gasteiger partial charge on any atom is 0.261 e. The number of ether oxygens (including phenoxy) is 1. The highest BCUT2D eigenvalue weighted by molar-refractivity contribution is 9.10. The van der Waals surface area contributed by atoms with Crippen LogP contribution in [0.5, 0.6) is 5.75 Å². The lowest BCUT2D eigenvalue weighted by atomic mass is 10.1. The van der Waals surface area contributed by atoms with Gasteiger partial charge in [-0.15, -0.1) is 0 Å². The number of hydrogen-bond acceptors (Lipinski definition) is 3. The van der Waals surface area contributed by atoms with E-state index in [9.17, 15) is 9.59 Å². The SMILES string of the molecule is CCNC(=O)[C@@H](C)N(CCc1ccccc1)C(=O)COc1ccc(Br)cc1. The van der Waals surface area contributed by atoms with E-state index in [4.69, 9.17) is 4.74 Å². The molecular formula is C21H25BrN2O3. The molecule has 0 unspecified atom stereocenters. The molecular weight excluding hydrogens is 408 g/mol. The van der Waals surface area contributed by atoms with Crippen LogP contribution in [0.25, 0.3) is 0 Å². The van der Waals surface area contributed by atoms with Gasteiger partial charge in [-0.05, 0) is 50.1 Å². The molecule has 2 aromatic rings. The van der Waals surface area contributed by atoms with Gasteiger partial charge in [0.25, 0.3) is 5.91 Å². The van der Waals surface area contributed by atoms with Crippen LogP contribution in [0.4, 0.5) is 0 Å². The molecule has 1 atom stereocenters. The Morgan fingerprint density at radius 3 is 2.41 bits per heavy atom. The topological polar surface area (TPSA) is 58.6 Å². The van der Waals surface area contributed by atoms with Crippen molar-refractivity contribution < 1.29 is 14.3 Å². The summed E-state index contributed by atoms with van der Waals surface area (Å²) in [5, 5.41) is 2.78. The molecule has 0 aliphatic heterocycles. The van der Waals surface area contributed by atoms with Crippen molar-refractivity contribution in [3.05, 3.63) is 64.6 Å². The van der Waals surface area contributed by atoms with Crippen LogP contribution < -0.4 is 10.1 Å². The minimum atomic E-state index is -0.560. The molecule has 0 radical (unpaired) electrons. The van der Waals surface area contributed by atoms with Crippen molar-refractivity contribution in [1.82, 2.24) is 10.2 Å². The minimum absolute atomic E-state index is 0.111. The standard InChI is InChI=1S/C21H25BrN2O3/c1-3-23-21(26)16(2)24(14-13-17-7-5-4-6-8-17)20(25)15-27-19-11-9-18(22)10-12-19/h4-12,16H,3,13-15H2,1-2H3,(H,23,26)/t16-/m1/s1. The van der Waals surface area contributed by atoms with Gasteiger partial charge in [0.1, 0.15) is 11.8 Å². The molecule has 6 heteroatoms. The Morgan fingerprint density at radius 1 is 1.11 bits per heavy atom. The molecule has 0 bridgehead atoms. The Morgan fingerprint density at radius 2 is 1.78 bits per heavy atom. The van der Waals surface area contributed by atoms with E-state index in [1.54, 1.807) is 24.0 Å². The number of amides is 2. The van der Waals surface area contributed by atoms with Crippen molar-refractivity contribution in [2.75, 3.05) is 19.7 Å². The van der Waals surface area contributed by atoms with Gasteiger partial charge in [-0.1, -0.05) is 46.3 Å². The average Bonchev–Trinajstić information content (AvgIpc) is 2.68. The number of rotatable bonds is 9. The number of hydrogen-bond donors (Lipinski definition) is 1. The van der Waals surface area contributed by atoms with Crippen LogP contribution in [0, 0.1) is 0 Å². The number of benzene rings is 2. The highest BCUT2D eigenvalue weighted by Gasteiger charge is 2.25. The van der Waals surface area contributed by atoms with E-state index in [0.717, 1.165) is 10.0 Å². The zero-order chi connectivity index (χ0) is 19.6. The van der Waals surface area contributed by atoms with Crippen LogP contribution >= 0.6 is 15.9 Å². The Balaban J connectivity index is 2.03. The summed E-state index contributed by atoms with van der Waals surface area (Å²) in [6.45, 7) is 4.47. The van der Waals surface area contributed by atoms with Crippen LogP contribution in [0.2, 0.25) is 0 Å². The highest BCUT2D eigenvalue weighted by Crippen LogP contribution is 2.16. The van der Waals surface area contributed by atoms with Gasteiger partial charge in [0.2, 0.25) is 5.91 Å². The first-order valence-electron chi connectivity index (χ1n) is 9.00. The first-order chi connectivity index (χ1) is 13.0. The fourth-order valence-electron chi connectivity index (χ4n) is 2.65.